The number of carbonyl (C=O) groups is 1. The zero-order chi connectivity index (χ0) is 10.4. The molecule has 1 rings (SSSR count). The van der Waals surface area contributed by atoms with Crippen LogP contribution in [-0.2, 0) is 9.53 Å². The maximum Gasteiger partial charge on any atom is 0.129 e. The fourth-order valence-electron chi connectivity index (χ4n) is 1.65. The van der Waals surface area contributed by atoms with Gasteiger partial charge in [-0.15, -0.1) is 0 Å². The zero-order valence-corrected chi connectivity index (χ0v) is 8.74. The third-order valence-corrected chi connectivity index (χ3v) is 2.43. The number of morpholine rings is 1. The largest absolute Gasteiger partial charge is 0.394 e. The molecular weight excluding hydrogens is 182 g/mol. The molecule has 0 aromatic carbocycles. The van der Waals surface area contributed by atoms with Crippen LogP contribution >= 0.6 is 0 Å². The van der Waals surface area contributed by atoms with E-state index < -0.39 is 0 Å². The highest BCUT2D eigenvalue weighted by Crippen LogP contribution is 2.05. The van der Waals surface area contributed by atoms with E-state index in [1.165, 1.54) is 0 Å². The molecular formula is C10H19NO3. The van der Waals surface area contributed by atoms with Crippen molar-refractivity contribution in [1.82, 2.24) is 4.90 Å². The van der Waals surface area contributed by atoms with Gasteiger partial charge in [0.15, 0.2) is 0 Å². The van der Waals surface area contributed by atoms with E-state index in [-0.39, 0.29) is 18.5 Å². The first-order valence-corrected chi connectivity index (χ1v) is 5.16. The lowest BCUT2D eigenvalue weighted by Crippen LogP contribution is -2.44. The molecule has 4 nitrogen and oxygen atoms in total. The molecule has 1 unspecified atom stereocenters. The van der Waals surface area contributed by atoms with Crippen LogP contribution in [0.25, 0.3) is 0 Å². The van der Waals surface area contributed by atoms with E-state index in [4.69, 9.17) is 9.84 Å². The zero-order valence-electron chi connectivity index (χ0n) is 8.74. The van der Waals surface area contributed by atoms with Crippen LogP contribution in [0.1, 0.15) is 19.8 Å². The second-order valence-corrected chi connectivity index (χ2v) is 3.78. The number of ether oxygens (including phenoxy) is 1. The van der Waals surface area contributed by atoms with Crippen LogP contribution < -0.4 is 0 Å². The molecule has 0 saturated carbocycles. The highest BCUT2D eigenvalue weighted by molar-refractivity contribution is 5.75. The Morgan fingerprint density at radius 3 is 3.07 bits per heavy atom. The van der Waals surface area contributed by atoms with Crippen molar-refractivity contribution < 1.29 is 14.6 Å². The van der Waals surface area contributed by atoms with Crippen LogP contribution in [0.2, 0.25) is 0 Å². The third kappa shape index (κ3) is 4.17. The van der Waals surface area contributed by atoms with E-state index in [2.05, 4.69) is 4.90 Å². The van der Waals surface area contributed by atoms with Gasteiger partial charge in [0.2, 0.25) is 0 Å². The van der Waals surface area contributed by atoms with Gasteiger partial charge in [0.25, 0.3) is 0 Å². The minimum absolute atomic E-state index is 0.0407. The predicted molar refractivity (Wildman–Crippen MR) is 53.2 cm³/mol. The lowest BCUT2D eigenvalue weighted by atomic mass is 10.2. The van der Waals surface area contributed by atoms with Gasteiger partial charge in [-0.25, -0.2) is 0 Å². The van der Waals surface area contributed by atoms with Gasteiger partial charge >= 0.3 is 0 Å². The Hall–Kier alpha value is -0.450. The molecule has 0 aromatic heterocycles. The van der Waals surface area contributed by atoms with Gasteiger partial charge in [-0.05, 0) is 19.9 Å². The summed E-state index contributed by atoms with van der Waals surface area (Å²) in [7, 11) is 0. The average molecular weight is 201 g/mol. The molecule has 0 aromatic rings. The summed E-state index contributed by atoms with van der Waals surface area (Å²) in [6, 6.07) is 0. The lowest BCUT2D eigenvalue weighted by Gasteiger charge is -2.31. The topological polar surface area (TPSA) is 49.8 Å². The summed E-state index contributed by atoms with van der Waals surface area (Å²) in [5.74, 6) is 0.247. The highest BCUT2D eigenvalue weighted by atomic mass is 16.5. The molecule has 0 amide bonds. The molecule has 1 atom stereocenters. The highest BCUT2D eigenvalue weighted by Gasteiger charge is 2.18. The first-order valence-electron chi connectivity index (χ1n) is 5.16. The van der Waals surface area contributed by atoms with Crippen molar-refractivity contribution in [2.24, 2.45) is 0 Å². The number of carbonyl (C=O) groups excluding carboxylic acids is 1. The van der Waals surface area contributed by atoms with Crippen LogP contribution in [0.3, 0.4) is 0 Å². The van der Waals surface area contributed by atoms with E-state index in [1.807, 2.05) is 0 Å². The molecule has 14 heavy (non-hydrogen) atoms. The maximum absolute atomic E-state index is 10.7. The molecule has 1 saturated heterocycles. The number of nitrogens with zero attached hydrogens (tertiary/aromatic N) is 1. The summed E-state index contributed by atoms with van der Waals surface area (Å²) in [5, 5.41) is 8.92. The average Bonchev–Trinajstić information content (AvgIpc) is 2.18. The van der Waals surface area contributed by atoms with Crippen LogP contribution in [0.5, 0.6) is 0 Å². The van der Waals surface area contributed by atoms with Gasteiger partial charge in [-0.1, -0.05) is 0 Å². The first-order chi connectivity index (χ1) is 6.72. The molecule has 1 aliphatic rings. The van der Waals surface area contributed by atoms with Crippen molar-refractivity contribution in [3.8, 4) is 0 Å². The van der Waals surface area contributed by atoms with Crippen LogP contribution in [0.4, 0.5) is 0 Å². The Morgan fingerprint density at radius 1 is 1.64 bits per heavy atom. The summed E-state index contributed by atoms with van der Waals surface area (Å²) in [6.07, 6.45) is 1.52. The van der Waals surface area contributed by atoms with E-state index in [0.717, 1.165) is 26.1 Å². The monoisotopic (exact) mass is 201 g/mol. The third-order valence-electron chi connectivity index (χ3n) is 2.43. The predicted octanol–water partition coefficient (Wildman–Crippen LogP) is 0.0487. The smallest absolute Gasteiger partial charge is 0.129 e. The van der Waals surface area contributed by atoms with Gasteiger partial charge in [-0.2, -0.15) is 0 Å². The van der Waals surface area contributed by atoms with Gasteiger partial charge in [0.1, 0.15) is 5.78 Å². The summed E-state index contributed by atoms with van der Waals surface area (Å²) in [5.41, 5.74) is 0. The van der Waals surface area contributed by atoms with Crippen molar-refractivity contribution in [3.05, 3.63) is 0 Å². The summed E-state index contributed by atoms with van der Waals surface area (Å²) in [4.78, 5) is 13.0. The molecule has 1 N–H and O–H groups in total. The van der Waals surface area contributed by atoms with Crippen LogP contribution in [0.15, 0.2) is 0 Å². The van der Waals surface area contributed by atoms with Crippen LogP contribution in [-0.4, -0.2) is 54.7 Å². The fraction of sp³-hybridized carbons (Fsp3) is 0.900. The number of hydrogen-bond donors (Lipinski definition) is 1. The standard InChI is InChI=1S/C10H19NO3/c1-9(13)3-2-4-11-5-6-14-10(7-11)8-12/h10,12H,2-8H2,1H3. The lowest BCUT2D eigenvalue weighted by molar-refractivity contribution is -0.117. The number of ketones is 1. The number of hydrogen-bond acceptors (Lipinski definition) is 4. The van der Waals surface area contributed by atoms with E-state index in [9.17, 15) is 4.79 Å². The van der Waals surface area contributed by atoms with E-state index >= 15 is 0 Å². The van der Waals surface area contributed by atoms with Gasteiger partial charge in [-0.3, -0.25) is 4.90 Å². The molecule has 82 valence electrons. The Balaban J connectivity index is 2.14. The van der Waals surface area contributed by atoms with E-state index in [1.54, 1.807) is 6.92 Å². The molecule has 0 radical (unpaired) electrons. The minimum Gasteiger partial charge on any atom is -0.394 e. The number of aliphatic hydroxyl groups excluding tert-OH is 1. The fourth-order valence-corrected chi connectivity index (χ4v) is 1.65. The van der Waals surface area contributed by atoms with Crippen molar-refractivity contribution in [2.45, 2.75) is 25.9 Å². The molecule has 1 fully saturated rings. The molecule has 0 spiro atoms. The second-order valence-electron chi connectivity index (χ2n) is 3.78. The Kier molecular flexibility index (Phi) is 5.07. The second kappa shape index (κ2) is 6.11. The SMILES string of the molecule is CC(=O)CCCN1CCOC(CO)C1. The summed E-state index contributed by atoms with van der Waals surface area (Å²) < 4.78 is 5.33. The number of aliphatic hydroxyl groups is 1. The van der Waals surface area contributed by atoms with Crippen molar-refractivity contribution >= 4 is 5.78 Å². The first kappa shape index (κ1) is 11.6. The van der Waals surface area contributed by atoms with Gasteiger partial charge in [0.05, 0.1) is 19.3 Å². The summed E-state index contributed by atoms with van der Waals surface area (Å²) >= 11 is 0. The number of Topliss-reactive ketones (excluding diaryl/α,β-unsaturated/α-hetero) is 1. The quantitative estimate of drug-likeness (QED) is 0.683. The minimum atomic E-state index is -0.0407. The summed E-state index contributed by atoms with van der Waals surface area (Å²) in [6.45, 7) is 5.02. The normalized spacial score (nSPS) is 23.7. The number of rotatable bonds is 5. The van der Waals surface area contributed by atoms with Crippen molar-refractivity contribution in [1.29, 1.82) is 0 Å². The molecule has 0 bridgehead atoms. The molecule has 4 heteroatoms. The van der Waals surface area contributed by atoms with Crippen molar-refractivity contribution in [3.63, 3.8) is 0 Å². The van der Waals surface area contributed by atoms with Crippen LogP contribution in [0, 0.1) is 0 Å². The molecule has 1 aliphatic heterocycles. The Bertz CT molecular complexity index is 184. The van der Waals surface area contributed by atoms with Gasteiger partial charge in [0, 0.05) is 19.5 Å². The Morgan fingerprint density at radius 2 is 2.43 bits per heavy atom. The molecule has 1 heterocycles. The molecule has 0 aliphatic carbocycles. The van der Waals surface area contributed by atoms with Crippen molar-refractivity contribution in [2.75, 3.05) is 32.8 Å². The van der Waals surface area contributed by atoms with Gasteiger partial charge < -0.3 is 14.6 Å². The van der Waals surface area contributed by atoms with E-state index in [0.29, 0.717) is 13.0 Å². The maximum atomic E-state index is 10.7. The Labute approximate surface area is 84.8 Å².